The molecule has 1 rings (SSSR count). The number of halogens is 5. The van der Waals surface area contributed by atoms with Gasteiger partial charge >= 0.3 is 5.51 Å². The first kappa shape index (κ1) is 15.3. The lowest BCUT2D eigenvalue weighted by molar-refractivity contribution is -0.0327. The molecule has 1 aromatic rings. The lowest BCUT2D eigenvalue weighted by atomic mass is 10.2. The number of nitrogens with one attached hydrogen (secondary N) is 1. The Balaban J connectivity index is 2.49. The molecule has 100 valence electrons. The number of carbonyl (C=O) groups is 1. The van der Waals surface area contributed by atoms with Crippen LogP contribution in [0.15, 0.2) is 22.7 Å². The third-order valence-corrected chi connectivity index (χ3v) is 3.20. The number of hydrogen-bond acceptors (Lipinski definition) is 2. The van der Waals surface area contributed by atoms with Gasteiger partial charge in [-0.15, -0.1) is 0 Å². The summed E-state index contributed by atoms with van der Waals surface area (Å²) in [5.41, 5.74) is -4.53. The fourth-order valence-electron chi connectivity index (χ4n) is 1.11. The van der Waals surface area contributed by atoms with Crippen molar-refractivity contribution in [2.45, 2.75) is 5.51 Å². The van der Waals surface area contributed by atoms with Crippen LogP contribution in [0.1, 0.15) is 10.4 Å². The van der Waals surface area contributed by atoms with Crippen LogP contribution in [0, 0.1) is 5.82 Å². The molecule has 0 spiro atoms. The average Bonchev–Trinajstić information content (AvgIpc) is 2.26. The zero-order valence-corrected chi connectivity index (χ0v) is 11.3. The lowest BCUT2D eigenvalue weighted by Gasteiger charge is -2.08. The van der Waals surface area contributed by atoms with Crippen LogP contribution < -0.4 is 5.32 Å². The average molecular weight is 346 g/mol. The van der Waals surface area contributed by atoms with Gasteiger partial charge in [-0.1, -0.05) is 6.07 Å². The van der Waals surface area contributed by atoms with E-state index in [-0.39, 0.29) is 34.1 Å². The lowest BCUT2D eigenvalue weighted by Crippen LogP contribution is -2.27. The van der Waals surface area contributed by atoms with E-state index in [2.05, 4.69) is 21.2 Å². The van der Waals surface area contributed by atoms with Gasteiger partial charge in [-0.2, -0.15) is 13.2 Å². The van der Waals surface area contributed by atoms with Gasteiger partial charge in [0.25, 0.3) is 5.91 Å². The van der Waals surface area contributed by atoms with E-state index in [1.807, 2.05) is 0 Å². The molecule has 18 heavy (non-hydrogen) atoms. The summed E-state index contributed by atoms with van der Waals surface area (Å²) in [5, 5.41) is 2.22. The summed E-state index contributed by atoms with van der Waals surface area (Å²) in [7, 11) is 0. The Kier molecular flexibility index (Phi) is 5.46. The van der Waals surface area contributed by atoms with E-state index in [1.165, 1.54) is 18.2 Å². The third-order valence-electron chi connectivity index (χ3n) is 1.85. The van der Waals surface area contributed by atoms with Crippen molar-refractivity contribution in [3.63, 3.8) is 0 Å². The van der Waals surface area contributed by atoms with E-state index in [1.54, 1.807) is 0 Å². The highest BCUT2D eigenvalue weighted by Crippen LogP contribution is 2.29. The molecular formula is C10H8BrF4NOS. The summed E-state index contributed by atoms with van der Waals surface area (Å²) in [4.78, 5) is 11.5. The standard InChI is InChI=1S/C10H8BrF4NOS/c11-7-3-1-2-6(8(7)12)9(17)16-4-5-18-10(13,14)15/h1-3H,4-5H2,(H,16,17). The predicted molar refractivity (Wildman–Crippen MR) is 64.9 cm³/mol. The van der Waals surface area contributed by atoms with Crippen molar-refractivity contribution >= 4 is 33.6 Å². The molecule has 0 aliphatic heterocycles. The maximum Gasteiger partial charge on any atom is 0.441 e. The van der Waals surface area contributed by atoms with Gasteiger partial charge < -0.3 is 5.32 Å². The molecule has 1 aromatic carbocycles. The summed E-state index contributed by atoms with van der Waals surface area (Å²) < 4.78 is 49.0. The fraction of sp³-hybridized carbons (Fsp3) is 0.300. The van der Waals surface area contributed by atoms with E-state index >= 15 is 0 Å². The number of rotatable bonds is 4. The van der Waals surface area contributed by atoms with Crippen LogP contribution in [0.3, 0.4) is 0 Å². The molecule has 0 bridgehead atoms. The van der Waals surface area contributed by atoms with E-state index in [9.17, 15) is 22.4 Å². The van der Waals surface area contributed by atoms with Crippen LogP contribution in [0.25, 0.3) is 0 Å². The normalized spacial score (nSPS) is 11.4. The number of benzene rings is 1. The Morgan fingerprint density at radius 1 is 1.39 bits per heavy atom. The van der Waals surface area contributed by atoms with Crippen molar-refractivity contribution in [2.75, 3.05) is 12.3 Å². The zero-order valence-electron chi connectivity index (χ0n) is 8.85. The topological polar surface area (TPSA) is 29.1 Å². The minimum Gasteiger partial charge on any atom is -0.351 e. The van der Waals surface area contributed by atoms with Gasteiger partial charge in [-0.05, 0) is 39.8 Å². The Morgan fingerprint density at radius 2 is 2.06 bits per heavy atom. The van der Waals surface area contributed by atoms with Crippen molar-refractivity contribution < 1.29 is 22.4 Å². The summed E-state index contributed by atoms with van der Waals surface area (Å²) in [6.45, 7) is -0.186. The highest BCUT2D eigenvalue weighted by Gasteiger charge is 2.27. The first-order valence-electron chi connectivity index (χ1n) is 4.74. The van der Waals surface area contributed by atoms with Crippen molar-refractivity contribution in [3.05, 3.63) is 34.1 Å². The Hall–Kier alpha value is -0.760. The van der Waals surface area contributed by atoms with E-state index in [0.29, 0.717) is 0 Å². The Labute approximate surface area is 113 Å². The summed E-state index contributed by atoms with van der Waals surface area (Å²) in [6.07, 6.45) is 0. The van der Waals surface area contributed by atoms with Crippen molar-refractivity contribution in [2.24, 2.45) is 0 Å². The fourth-order valence-corrected chi connectivity index (χ4v) is 1.91. The maximum atomic E-state index is 13.5. The third kappa shape index (κ3) is 4.85. The van der Waals surface area contributed by atoms with E-state index in [0.717, 1.165) is 0 Å². The number of hydrogen-bond donors (Lipinski definition) is 1. The zero-order chi connectivity index (χ0) is 13.8. The van der Waals surface area contributed by atoms with Crippen molar-refractivity contribution in [1.29, 1.82) is 0 Å². The molecule has 0 saturated heterocycles. The minimum absolute atomic E-state index is 0.125. The number of thioether (sulfide) groups is 1. The maximum absolute atomic E-state index is 13.5. The molecule has 0 aliphatic rings. The van der Waals surface area contributed by atoms with Gasteiger partial charge in [0.2, 0.25) is 0 Å². The number of amides is 1. The van der Waals surface area contributed by atoms with Gasteiger partial charge in [-0.3, -0.25) is 4.79 Å². The molecule has 1 N–H and O–H groups in total. The second kappa shape index (κ2) is 6.42. The van der Waals surface area contributed by atoms with Crippen molar-refractivity contribution in [3.8, 4) is 0 Å². The van der Waals surface area contributed by atoms with Gasteiger partial charge in [0.15, 0.2) is 0 Å². The van der Waals surface area contributed by atoms with Gasteiger partial charge in [0.1, 0.15) is 5.82 Å². The van der Waals surface area contributed by atoms with Crippen LogP contribution in [0.5, 0.6) is 0 Å². The molecule has 0 fully saturated rings. The van der Waals surface area contributed by atoms with Gasteiger partial charge in [0, 0.05) is 12.3 Å². The Bertz CT molecular complexity index is 438. The van der Waals surface area contributed by atoms with Crippen molar-refractivity contribution in [1.82, 2.24) is 5.32 Å². The molecule has 0 saturated carbocycles. The largest absolute Gasteiger partial charge is 0.441 e. The number of carbonyl (C=O) groups excluding carboxylic acids is 1. The summed E-state index contributed by atoms with van der Waals surface area (Å²) in [5.74, 6) is -1.79. The van der Waals surface area contributed by atoms with E-state index < -0.39 is 17.2 Å². The molecule has 0 atom stereocenters. The van der Waals surface area contributed by atoms with Crippen LogP contribution in [0.4, 0.5) is 17.6 Å². The SMILES string of the molecule is O=C(NCCSC(F)(F)F)c1cccc(Br)c1F. The van der Waals surface area contributed by atoms with Gasteiger partial charge in [0.05, 0.1) is 10.0 Å². The minimum atomic E-state index is -4.33. The monoisotopic (exact) mass is 345 g/mol. The van der Waals surface area contributed by atoms with E-state index in [4.69, 9.17) is 0 Å². The summed E-state index contributed by atoms with van der Waals surface area (Å²) >= 11 is 2.67. The highest BCUT2D eigenvalue weighted by molar-refractivity contribution is 9.10. The molecule has 0 radical (unpaired) electrons. The molecule has 2 nitrogen and oxygen atoms in total. The second-order valence-corrected chi connectivity index (χ2v) is 5.17. The van der Waals surface area contributed by atoms with Crippen LogP contribution in [0.2, 0.25) is 0 Å². The molecule has 0 aromatic heterocycles. The van der Waals surface area contributed by atoms with Crippen LogP contribution in [-0.2, 0) is 0 Å². The quantitative estimate of drug-likeness (QED) is 0.667. The molecule has 1 amide bonds. The predicted octanol–water partition coefficient (Wildman–Crippen LogP) is 3.57. The molecule has 0 unspecified atom stereocenters. The molecule has 0 heterocycles. The molecular weight excluding hydrogens is 338 g/mol. The smallest absolute Gasteiger partial charge is 0.351 e. The van der Waals surface area contributed by atoms with Crippen LogP contribution >= 0.6 is 27.7 Å². The highest BCUT2D eigenvalue weighted by atomic mass is 79.9. The first-order valence-corrected chi connectivity index (χ1v) is 6.52. The first-order chi connectivity index (χ1) is 8.31. The Morgan fingerprint density at radius 3 is 2.67 bits per heavy atom. The molecule has 0 aliphatic carbocycles. The number of alkyl halides is 3. The second-order valence-electron chi connectivity index (χ2n) is 3.15. The van der Waals surface area contributed by atoms with Gasteiger partial charge in [-0.25, -0.2) is 4.39 Å². The van der Waals surface area contributed by atoms with Crippen LogP contribution in [-0.4, -0.2) is 23.7 Å². The summed E-state index contributed by atoms with van der Waals surface area (Å²) in [6, 6.07) is 4.14. The molecule has 8 heteroatoms.